The molecule has 0 radical (unpaired) electrons. The molecule has 0 bridgehead atoms. The minimum atomic E-state index is -0.201. The first kappa shape index (κ1) is 26.5. The van der Waals surface area contributed by atoms with Gasteiger partial charge in [-0.3, -0.25) is 0 Å². The van der Waals surface area contributed by atoms with Gasteiger partial charge < -0.3 is 10.9 Å². The fourth-order valence-corrected chi connectivity index (χ4v) is 4.15. The maximum Gasteiger partial charge on any atom is 0.121 e. The molecule has 2 unspecified atom stereocenters. The number of halogens is 1. The SMILES string of the molecule is CCCCCCCCCCCCC(C)(Br)C(C)(CC)Oc1ccccc1.N. The van der Waals surface area contributed by atoms with Crippen LogP contribution in [0.15, 0.2) is 30.3 Å². The molecule has 2 nitrogen and oxygen atoms in total. The second kappa shape index (κ2) is 14.5. The van der Waals surface area contributed by atoms with Gasteiger partial charge >= 0.3 is 0 Å². The molecule has 27 heavy (non-hydrogen) atoms. The van der Waals surface area contributed by atoms with Gasteiger partial charge in [-0.1, -0.05) is 112 Å². The summed E-state index contributed by atoms with van der Waals surface area (Å²) in [6, 6.07) is 10.2. The third-order valence-corrected chi connectivity index (χ3v) is 7.10. The van der Waals surface area contributed by atoms with Gasteiger partial charge in [-0.15, -0.1) is 0 Å². The van der Waals surface area contributed by atoms with Crippen LogP contribution in [0.5, 0.6) is 5.75 Å². The maximum atomic E-state index is 6.41. The number of alkyl halides is 1. The Kier molecular flexibility index (Phi) is 14.2. The molecule has 0 aromatic heterocycles. The smallest absolute Gasteiger partial charge is 0.121 e. The van der Waals surface area contributed by atoms with Gasteiger partial charge in [0.05, 0.1) is 4.32 Å². The molecular formula is C24H44BrNO. The van der Waals surface area contributed by atoms with E-state index in [-0.39, 0.29) is 16.1 Å². The summed E-state index contributed by atoms with van der Waals surface area (Å²) in [5.41, 5.74) is -0.201. The minimum Gasteiger partial charge on any atom is -0.486 e. The molecule has 3 heteroatoms. The monoisotopic (exact) mass is 441 g/mol. The first-order valence-corrected chi connectivity index (χ1v) is 11.7. The molecule has 0 saturated heterocycles. The van der Waals surface area contributed by atoms with Crippen LogP contribution in [0.25, 0.3) is 0 Å². The van der Waals surface area contributed by atoms with Crippen LogP contribution in [0, 0.1) is 0 Å². The Bertz CT molecular complexity index is 463. The highest BCUT2D eigenvalue weighted by molar-refractivity contribution is 9.10. The summed E-state index contributed by atoms with van der Waals surface area (Å²) in [4.78, 5) is 0. The van der Waals surface area contributed by atoms with E-state index >= 15 is 0 Å². The Morgan fingerprint density at radius 3 is 1.74 bits per heavy atom. The molecule has 2 atom stereocenters. The third kappa shape index (κ3) is 9.99. The van der Waals surface area contributed by atoms with Crippen LogP contribution in [0.1, 0.15) is 105 Å². The fraction of sp³-hybridized carbons (Fsp3) is 0.750. The number of benzene rings is 1. The van der Waals surface area contributed by atoms with Crippen LogP contribution in [0.4, 0.5) is 0 Å². The van der Waals surface area contributed by atoms with E-state index in [1.54, 1.807) is 0 Å². The number of unbranched alkanes of at least 4 members (excludes halogenated alkanes) is 9. The van der Waals surface area contributed by atoms with Crippen LogP contribution in [-0.4, -0.2) is 9.93 Å². The summed E-state index contributed by atoms with van der Waals surface area (Å²) in [6.07, 6.45) is 16.0. The van der Waals surface area contributed by atoms with Crippen molar-refractivity contribution >= 4 is 15.9 Å². The van der Waals surface area contributed by atoms with Crippen molar-refractivity contribution in [2.75, 3.05) is 0 Å². The maximum absolute atomic E-state index is 6.41. The third-order valence-electron chi connectivity index (χ3n) is 5.86. The van der Waals surface area contributed by atoms with Gasteiger partial charge in [0, 0.05) is 0 Å². The highest BCUT2D eigenvalue weighted by atomic mass is 79.9. The second-order valence-electron chi connectivity index (χ2n) is 8.13. The van der Waals surface area contributed by atoms with Crippen molar-refractivity contribution in [2.24, 2.45) is 0 Å². The van der Waals surface area contributed by atoms with Crippen molar-refractivity contribution < 1.29 is 4.74 Å². The summed E-state index contributed by atoms with van der Waals surface area (Å²) in [5, 5.41) is 0. The van der Waals surface area contributed by atoms with Gasteiger partial charge in [0.2, 0.25) is 0 Å². The minimum absolute atomic E-state index is 0. The van der Waals surface area contributed by atoms with Crippen LogP contribution >= 0.6 is 15.9 Å². The number of hydrogen-bond acceptors (Lipinski definition) is 2. The van der Waals surface area contributed by atoms with Gasteiger partial charge in [0.1, 0.15) is 11.4 Å². The molecule has 0 aliphatic carbocycles. The van der Waals surface area contributed by atoms with Gasteiger partial charge in [-0.05, 0) is 38.8 Å². The first-order chi connectivity index (χ1) is 12.4. The Hall–Kier alpha value is -0.540. The van der Waals surface area contributed by atoms with E-state index in [0.29, 0.717) is 0 Å². The molecule has 0 saturated carbocycles. The topological polar surface area (TPSA) is 44.2 Å². The van der Waals surface area contributed by atoms with Crippen LogP contribution in [0.2, 0.25) is 0 Å². The molecule has 3 N–H and O–H groups in total. The molecular weight excluding hydrogens is 398 g/mol. The lowest BCUT2D eigenvalue weighted by atomic mass is 9.83. The van der Waals surface area contributed by atoms with Crippen LogP contribution in [-0.2, 0) is 0 Å². The average molecular weight is 443 g/mol. The molecule has 0 amide bonds. The van der Waals surface area contributed by atoms with E-state index < -0.39 is 0 Å². The van der Waals surface area contributed by atoms with E-state index in [1.807, 2.05) is 18.2 Å². The lowest BCUT2D eigenvalue weighted by Gasteiger charge is -2.42. The Morgan fingerprint density at radius 2 is 1.26 bits per heavy atom. The van der Waals surface area contributed by atoms with Gasteiger partial charge in [-0.2, -0.15) is 0 Å². The fourth-order valence-electron chi connectivity index (χ4n) is 3.50. The summed E-state index contributed by atoms with van der Waals surface area (Å²) >= 11 is 4.02. The molecule has 0 fully saturated rings. The van der Waals surface area contributed by atoms with E-state index in [1.165, 1.54) is 64.2 Å². The molecule has 1 aromatic carbocycles. The highest BCUT2D eigenvalue weighted by Crippen LogP contribution is 2.41. The van der Waals surface area contributed by atoms with Crippen molar-refractivity contribution in [1.29, 1.82) is 0 Å². The Balaban J connectivity index is 0.00000676. The van der Waals surface area contributed by atoms with E-state index in [0.717, 1.165) is 18.6 Å². The lowest BCUT2D eigenvalue weighted by molar-refractivity contribution is 0.0453. The largest absolute Gasteiger partial charge is 0.486 e. The molecule has 0 spiro atoms. The van der Waals surface area contributed by atoms with Crippen LogP contribution < -0.4 is 10.9 Å². The highest BCUT2D eigenvalue weighted by Gasteiger charge is 2.43. The quantitative estimate of drug-likeness (QED) is 0.218. The zero-order valence-electron chi connectivity index (χ0n) is 18.4. The molecule has 0 aliphatic rings. The van der Waals surface area contributed by atoms with Gasteiger partial charge in [0.25, 0.3) is 0 Å². The van der Waals surface area contributed by atoms with Crippen molar-refractivity contribution in [1.82, 2.24) is 6.15 Å². The summed E-state index contributed by atoms with van der Waals surface area (Å²) in [7, 11) is 0. The Morgan fingerprint density at radius 1 is 0.778 bits per heavy atom. The summed E-state index contributed by atoms with van der Waals surface area (Å²) in [6.45, 7) is 9.05. The molecule has 1 aromatic rings. The molecule has 158 valence electrons. The normalized spacial score (nSPS) is 15.4. The number of para-hydroxylation sites is 1. The number of ether oxygens (including phenoxy) is 1. The van der Waals surface area contributed by atoms with E-state index in [2.05, 4.69) is 55.8 Å². The van der Waals surface area contributed by atoms with Crippen LogP contribution in [0.3, 0.4) is 0 Å². The number of hydrogen-bond donors (Lipinski definition) is 1. The van der Waals surface area contributed by atoms with Crippen molar-refractivity contribution in [2.45, 2.75) is 115 Å². The van der Waals surface area contributed by atoms with E-state index in [4.69, 9.17) is 4.74 Å². The first-order valence-electron chi connectivity index (χ1n) is 10.9. The van der Waals surface area contributed by atoms with Gasteiger partial charge in [-0.25, -0.2) is 0 Å². The van der Waals surface area contributed by atoms with E-state index in [9.17, 15) is 0 Å². The van der Waals surface area contributed by atoms with Gasteiger partial charge in [0.15, 0.2) is 0 Å². The zero-order chi connectivity index (χ0) is 19.3. The molecule has 1 rings (SSSR count). The van der Waals surface area contributed by atoms with Crippen molar-refractivity contribution in [3.05, 3.63) is 30.3 Å². The van der Waals surface area contributed by atoms with Crippen molar-refractivity contribution in [3.63, 3.8) is 0 Å². The standard InChI is InChI=1S/C24H41BrO.H3N/c1-5-7-8-9-10-11-12-13-14-18-21-23(3,25)24(4,6-2)26-22-19-16-15-17-20-22;/h15-17,19-20H,5-14,18,21H2,1-4H3;1H3. The predicted octanol–water partition coefficient (Wildman–Crippen LogP) is 8.86. The molecule has 0 heterocycles. The number of rotatable bonds is 15. The Labute approximate surface area is 177 Å². The van der Waals surface area contributed by atoms with Crippen molar-refractivity contribution in [3.8, 4) is 5.75 Å². The zero-order valence-corrected chi connectivity index (χ0v) is 20.0. The lowest BCUT2D eigenvalue weighted by Crippen LogP contribution is -2.49. The average Bonchev–Trinajstić information content (AvgIpc) is 2.63. The predicted molar refractivity (Wildman–Crippen MR) is 125 cm³/mol. The summed E-state index contributed by atoms with van der Waals surface area (Å²) < 4.78 is 6.40. The summed E-state index contributed by atoms with van der Waals surface area (Å²) in [5.74, 6) is 0.964. The second-order valence-corrected chi connectivity index (χ2v) is 9.88. The molecule has 0 aliphatic heterocycles.